The van der Waals surface area contributed by atoms with Crippen molar-refractivity contribution in [2.75, 3.05) is 19.7 Å². The summed E-state index contributed by atoms with van der Waals surface area (Å²) < 4.78 is 5.79. The van der Waals surface area contributed by atoms with Crippen LogP contribution in [0.1, 0.15) is 43.7 Å². The molecule has 5 nitrogen and oxygen atoms in total. The number of carbonyl (C=O) groups excluding carboxylic acids is 2. The van der Waals surface area contributed by atoms with E-state index in [4.69, 9.17) is 10.5 Å². The molecule has 1 fully saturated rings. The SMILES string of the molecule is Cc1ccc(C(C)C)c(OCC(=O)N2CCC(C(N)=O)CC2)c1. The van der Waals surface area contributed by atoms with Gasteiger partial charge >= 0.3 is 0 Å². The Morgan fingerprint density at radius 3 is 2.52 bits per heavy atom. The Bertz CT molecular complexity index is 576. The molecule has 1 aliphatic heterocycles. The summed E-state index contributed by atoms with van der Waals surface area (Å²) >= 11 is 0. The van der Waals surface area contributed by atoms with Gasteiger partial charge in [-0.2, -0.15) is 0 Å². The summed E-state index contributed by atoms with van der Waals surface area (Å²) in [5, 5.41) is 0. The third-order valence-electron chi connectivity index (χ3n) is 4.39. The lowest BCUT2D eigenvalue weighted by Crippen LogP contribution is -2.43. The average molecular weight is 318 g/mol. The van der Waals surface area contributed by atoms with Crippen LogP contribution in [-0.4, -0.2) is 36.4 Å². The van der Waals surface area contributed by atoms with Crippen molar-refractivity contribution in [3.8, 4) is 5.75 Å². The molecule has 0 bridgehead atoms. The molecule has 5 heteroatoms. The van der Waals surface area contributed by atoms with E-state index >= 15 is 0 Å². The van der Waals surface area contributed by atoms with Crippen molar-refractivity contribution in [1.29, 1.82) is 0 Å². The van der Waals surface area contributed by atoms with E-state index in [2.05, 4.69) is 26.0 Å². The summed E-state index contributed by atoms with van der Waals surface area (Å²) in [6.07, 6.45) is 1.28. The molecule has 0 spiro atoms. The van der Waals surface area contributed by atoms with Crippen LogP contribution in [-0.2, 0) is 9.59 Å². The van der Waals surface area contributed by atoms with E-state index in [1.807, 2.05) is 13.0 Å². The van der Waals surface area contributed by atoms with Crippen molar-refractivity contribution < 1.29 is 14.3 Å². The van der Waals surface area contributed by atoms with Gasteiger partial charge in [0.25, 0.3) is 5.91 Å². The lowest BCUT2D eigenvalue weighted by atomic mass is 9.96. The fourth-order valence-corrected chi connectivity index (χ4v) is 2.89. The van der Waals surface area contributed by atoms with Gasteiger partial charge in [-0.05, 0) is 42.9 Å². The number of hydrogen-bond acceptors (Lipinski definition) is 3. The fraction of sp³-hybridized carbons (Fsp3) is 0.556. The molecule has 23 heavy (non-hydrogen) atoms. The standard InChI is InChI=1S/C18H26N2O3/c1-12(2)15-5-4-13(3)10-16(15)23-11-17(21)20-8-6-14(7-9-20)18(19)22/h4-5,10,12,14H,6-9,11H2,1-3H3,(H2,19,22). The molecule has 0 aromatic heterocycles. The molecule has 2 N–H and O–H groups in total. The smallest absolute Gasteiger partial charge is 0.260 e. The third-order valence-corrected chi connectivity index (χ3v) is 4.39. The summed E-state index contributed by atoms with van der Waals surface area (Å²) in [6.45, 7) is 7.39. The van der Waals surface area contributed by atoms with Gasteiger partial charge < -0.3 is 15.4 Å². The van der Waals surface area contributed by atoms with Gasteiger partial charge in [-0.15, -0.1) is 0 Å². The van der Waals surface area contributed by atoms with Gasteiger partial charge in [0.15, 0.2) is 6.61 Å². The Morgan fingerprint density at radius 2 is 1.96 bits per heavy atom. The monoisotopic (exact) mass is 318 g/mol. The van der Waals surface area contributed by atoms with E-state index in [9.17, 15) is 9.59 Å². The molecule has 1 aromatic carbocycles. The zero-order valence-corrected chi connectivity index (χ0v) is 14.2. The number of rotatable bonds is 5. The molecular formula is C18H26N2O3. The van der Waals surface area contributed by atoms with E-state index in [1.54, 1.807) is 4.90 Å². The second-order valence-corrected chi connectivity index (χ2v) is 6.54. The quantitative estimate of drug-likeness (QED) is 0.905. The van der Waals surface area contributed by atoms with E-state index < -0.39 is 0 Å². The fourth-order valence-electron chi connectivity index (χ4n) is 2.89. The molecule has 126 valence electrons. The largest absolute Gasteiger partial charge is 0.483 e. The van der Waals surface area contributed by atoms with Crippen molar-refractivity contribution in [2.45, 2.75) is 39.5 Å². The zero-order valence-electron chi connectivity index (χ0n) is 14.2. The average Bonchev–Trinajstić information content (AvgIpc) is 2.52. The summed E-state index contributed by atoms with van der Waals surface area (Å²) in [7, 11) is 0. The van der Waals surface area contributed by atoms with E-state index in [1.165, 1.54) is 0 Å². The highest BCUT2D eigenvalue weighted by Crippen LogP contribution is 2.27. The minimum Gasteiger partial charge on any atom is -0.483 e. The number of benzene rings is 1. The zero-order chi connectivity index (χ0) is 17.0. The highest BCUT2D eigenvalue weighted by atomic mass is 16.5. The maximum Gasteiger partial charge on any atom is 0.260 e. The maximum atomic E-state index is 12.3. The number of likely N-dealkylation sites (tertiary alicyclic amines) is 1. The first-order chi connectivity index (χ1) is 10.9. The van der Waals surface area contributed by atoms with Crippen LogP contribution in [0.5, 0.6) is 5.75 Å². The number of nitrogens with two attached hydrogens (primary N) is 1. The first-order valence-electron chi connectivity index (χ1n) is 8.19. The third kappa shape index (κ3) is 4.47. The summed E-state index contributed by atoms with van der Waals surface area (Å²) in [6, 6.07) is 6.08. The first kappa shape index (κ1) is 17.3. The number of carbonyl (C=O) groups is 2. The number of piperidine rings is 1. The minimum atomic E-state index is -0.269. The molecule has 0 unspecified atom stereocenters. The lowest BCUT2D eigenvalue weighted by Gasteiger charge is -2.30. The Balaban J connectivity index is 1.93. The molecule has 1 aliphatic rings. The molecule has 0 aliphatic carbocycles. The van der Waals surface area contributed by atoms with Crippen LogP contribution < -0.4 is 10.5 Å². The normalized spacial score (nSPS) is 15.7. The molecule has 0 saturated carbocycles. The molecular weight excluding hydrogens is 292 g/mol. The van der Waals surface area contributed by atoms with Crippen molar-refractivity contribution >= 4 is 11.8 Å². The van der Waals surface area contributed by atoms with Gasteiger partial charge in [0.05, 0.1) is 0 Å². The van der Waals surface area contributed by atoms with Gasteiger partial charge in [-0.3, -0.25) is 9.59 Å². The van der Waals surface area contributed by atoms with Crippen LogP contribution in [0.25, 0.3) is 0 Å². The van der Waals surface area contributed by atoms with E-state index in [0.717, 1.165) is 16.9 Å². The van der Waals surface area contributed by atoms with Crippen LogP contribution in [0.4, 0.5) is 0 Å². The van der Waals surface area contributed by atoms with Gasteiger partial charge in [0, 0.05) is 19.0 Å². The number of hydrogen-bond donors (Lipinski definition) is 1. The summed E-state index contributed by atoms with van der Waals surface area (Å²) in [5.41, 5.74) is 7.53. The van der Waals surface area contributed by atoms with Crippen LogP contribution >= 0.6 is 0 Å². The molecule has 1 heterocycles. The van der Waals surface area contributed by atoms with Crippen LogP contribution in [0.15, 0.2) is 18.2 Å². The highest BCUT2D eigenvalue weighted by Gasteiger charge is 2.26. The van der Waals surface area contributed by atoms with E-state index in [-0.39, 0.29) is 24.3 Å². The van der Waals surface area contributed by atoms with Gasteiger partial charge in [-0.1, -0.05) is 26.0 Å². The molecule has 2 amide bonds. The first-order valence-corrected chi connectivity index (χ1v) is 8.19. The van der Waals surface area contributed by atoms with Crippen LogP contribution in [0.3, 0.4) is 0 Å². The van der Waals surface area contributed by atoms with Crippen molar-refractivity contribution in [2.24, 2.45) is 11.7 Å². The Labute approximate surface area is 137 Å². The number of ether oxygens (including phenoxy) is 1. The number of amides is 2. The van der Waals surface area contributed by atoms with Gasteiger partial charge in [0.1, 0.15) is 5.75 Å². The Hall–Kier alpha value is -2.04. The van der Waals surface area contributed by atoms with Crippen molar-refractivity contribution in [3.05, 3.63) is 29.3 Å². The van der Waals surface area contributed by atoms with Gasteiger partial charge in [-0.25, -0.2) is 0 Å². The highest BCUT2D eigenvalue weighted by molar-refractivity contribution is 5.79. The maximum absolute atomic E-state index is 12.3. The summed E-state index contributed by atoms with van der Waals surface area (Å²) in [4.78, 5) is 25.2. The van der Waals surface area contributed by atoms with Crippen molar-refractivity contribution in [1.82, 2.24) is 4.90 Å². The van der Waals surface area contributed by atoms with Crippen LogP contribution in [0, 0.1) is 12.8 Å². The van der Waals surface area contributed by atoms with Crippen LogP contribution in [0.2, 0.25) is 0 Å². The number of primary amides is 1. The Morgan fingerprint density at radius 1 is 1.30 bits per heavy atom. The summed E-state index contributed by atoms with van der Waals surface area (Å²) in [5.74, 6) is 0.704. The van der Waals surface area contributed by atoms with Gasteiger partial charge in [0.2, 0.25) is 5.91 Å². The van der Waals surface area contributed by atoms with Crippen molar-refractivity contribution in [3.63, 3.8) is 0 Å². The predicted octanol–water partition coefficient (Wildman–Crippen LogP) is 2.22. The predicted molar refractivity (Wildman–Crippen MR) is 89.3 cm³/mol. The second kappa shape index (κ2) is 7.49. The molecule has 1 saturated heterocycles. The number of nitrogens with zero attached hydrogens (tertiary/aromatic N) is 1. The number of aryl methyl sites for hydroxylation is 1. The molecule has 2 rings (SSSR count). The minimum absolute atomic E-state index is 0.0322. The topological polar surface area (TPSA) is 72.6 Å². The van der Waals surface area contributed by atoms with E-state index in [0.29, 0.717) is 31.8 Å². The second-order valence-electron chi connectivity index (χ2n) is 6.54. The molecule has 0 atom stereocenters. The molecule has 1 aromatic rings. The lowest BCUT2D eigenvalue weighted by molar-refractivity contribution is -0.136. The Kier molecular flexibility index (Phi) is 5.64. The molecule has 0 radical (unpaired) electrons.